The molecule has 0 aliphatic rings. The number of hydrogen-bond acceptors (Lipinski definition) is 9. The van der Waals surface area contributed by atoms with Gasteiger partial charge in [0.05, 0.1) is 12.2 Å². The maximum Gasteiger partial charge on any atom is 0.338 e. The van der Waals surface area contributed by atoms with E-state index in [-0.39, 0.29) is 7.40 Å². The van der Waals surface area contributed by atoms with E-state index < -0.39 is 0 Å². The van der Waals surface area contributed by atoms with Gasteiger partial charge in [-0.1, -0.05) is 101 Å². The Morgan fingerprint density at radius 2 is 1.07 bits per heavy atom. The first-order valence-corrected chi connectivity index (χ1v) is 18.5. The van der Waals surface area contributed by atoms with Gasteiger partial charge in [0.2, 0.25) is 0 Å². The number of nitrogen functional groups attached to an aromatic ring is 6. The second kappa shape index (κ2) is 21.8. The van der Waals surface area contributed by atoms with Crippen LogP contribution in [0.5, 0.6) is 0 Å². The summed E-state index contributed by atoms with van der Waals surface area (Å²) < 4.78 is 5.09. The number of esters is 1. The lowest BCUT2D eigenvalue weighted by Gasteiger charge is -2.17. The fourth-order valence-electron chi connectivity index (χ4n) is 5.51. The highest BCUT2D eigenvalue weighted by molar-refractivity contribution is 6.01. The van der Waals surface area contributed by atoms with Crippen molar-refractivity contribution in [1.82, 2.24) is 0 Å². The molecule has 13 N–H and O–H groups in total. The summed E-state index contributed by atoms with van der Waals surface area (Å²) in [5.41, 5.74) is 42.6. The van der Waals surface area contributed by atoms with Crippen molar-refractivity contribution >= 4 is 79.5 Å². The van der Waals surface area contributed by atoms with Crippen LogP contribution in [0.4, 0.5) is 39.8 Å². The van der Waals surface area contributed by atoms with Crippen molar-refractivity contribution in [3.8, 4) is 0 Å². The second-order valence-electron chi connectivity index (χ2n) is 12.9. The Labute approximate surface area is 327 Å². The third-order valence-electron chi connectivity index (χ3n) is 8.85. The monoisotopic (exact) mass is 741 g/mol. The molecule has 9 nitrogen and oxygen atoms in total. The van der Waals surface area contributed by atoms with Crippen LogP contribution in [0.2, 0.25) is 0 Å². The number of carbonyl (C=O) groups excluding carboxylic acids is 1. The smallest absolute Gasteiger partial charge is 0.338 e. The van der Waals surface area contributed by atoms with Crippen LogP contribution in [0.15, 0.2) is 122 Å². The minimum absolute atomic E-state index is 0. The van der Waals surface area contributed by atoms with Crippen molar-refractivity contribution in [2.24, 2.45) is 0 Å². The molecule has 6 rings (SSSR count). The standard InChI is InChI=1S/C14H20N2.C12H17NO2.2C10H10N2.H2/c1-5-10(4)16-14-9-8-13(15)11(6-2)12(14)7-3;1-2-3-4-9-15-12(14)10-5-7-11(13)8-6-10;2*11-9-5-6-10(12)8-4-2-1-3-7(8)9;/h6-10,16H,2-3,5,15H2,1,4H3;5-8H,2-4,9,13H2,1H3;2*1-6H,11-12H2;1H. The summed E-state index contributed by atoms with van der Waals surface area (Å²) >= 11 is 0. The molecular weight excluding hydrogens is 683 g/mol. The van der Waals surface area contributed by atoms with E-state index in [4.69, 9.17) is 39.1 Å². The zero-order valence-electron chi connectivity index (χ0n) is 32.4. The first-order valence-electron chi connectivity index (χ1n) is 18.5. The molecule has 0 aromatic heterocycles. The van der Waals surface area contributed by atoms with Gasteiger partial charge in [-0.2, -0.15) is 0 Å². The van der Waals surface area contributed by atoms with E-state index >= 15 is 0 Å². The van der Waals surface area contributed by atoms with E-state index in [9.17, 15) is 4.79 Å². The molecule has 0 fully saturated rings. The highest BCUT2D eigenvalue weighted by Gasteiger charge is 2.09. The van der Waals surface area contributed by atoms with E-state index in [1.54, 1.807) is 30.3 Å². The van der Waals surface area contributed by atoms with Crippen LogP contribution in [0, 0.1) is 0 Å². The molecule has 0 amide bonds. The third-order valence-corrected chi connectivity index (χ3v) is 8.85. The Morgan fingerprint density at radius 1 is 0.636 bits per heavy atom. The average molecular weight is 742 g/mol. The Hall–Kier alpha value is -6.61. The van der Waals surface area contributed by atoms with Gasteiger partial charge in [-0.15, -0.1) is 0 Å². The summed E-state index contributed by atoms with van der Waals surface area (Å²) in [6.45, 7) is 14.5. The zero-order valence-corrected chi connectivity index (χ0v) is 32.4. The summed E-state index contributed by atoms with van der Waals surface area (Å²) in [4.78, 5) is 11.5. The average Bonchev–Trinajstić information content (AvgIpc) is 3.21. The van der Waals surface area contributed by atoms with Gasteiger partial charge in [-0.25, -0.2) is 4.79 Å². The lowest BCUT2D eigenvalue weighted by molar-refractivity contribution is 0.0498. The van der Waals surface area contributed by atoms with Gasteiger partial charge in [0.15, 0.2) is 0 Å². The van der Waals surface area contributed by atoms with Gasteiger partial charge in [0.25, 0.3) is 0 Å². The van der Waals surface area contributed by atoms with Crippen LogP contribution in [-0.2, 0) is 4.74 Å². The molecular formula is C46H59N7O2. The maximum absolute atomic E-state index is 11.5. The SMILES string of the molecule is C=Cc1c(N)ccc(NC(C)CC)c1C=C.CCCCCOC(=O)c1ccc(N)cc1.Nc1ccc(N)c2ccccc12.Nc1ccc(N)c2ccccc12.[HH]. The van der Waals surface area contributed by atoms with Crippen LogP contribution >= 0.6 is 0 Å². The van der Waals surface area contributed by atoms with Gasteiger partial charge >= 0.3 is 5.97 Å². The third kappa shape index (κ3) is 12.5. The zero-order chi connectivity index (χ0) is 40.3. The maximum atomic E-state index is 11.5. The van der Waals surface area contributed by atoms with E-state index in [1.165, 1.54) is 0 Å². The number of benzene rings is 6. The number of fused-ring (bicyclic) bond motifs is 2. The summed E-state index contributed by atoms with van der Waals surface area (Å²) in [5, 5.41) is 7.54. The van der Waals surface area contributed by atoms with Crippen LogP contribution < -0.4 is 39.7 Å². The van der Waals surface area contributed by atoms with Crippen molar-refractivity contribution in [3.05, 3.63) is 139 Å². The number of carbonyl (C=O) groups is 1. The van der Waals surface area contributed by atoms with E-state index in [1.807, 2.05) is 91.0 Å². The number of hydrogen-bond donors (Lipinski definition) is 7. The summed E-state index contributed by atoms with van der Waals surface area (Å²) in [6.07, 6.45) is 7.81. The van der Waals surface area contributed by atoms with Gasteiger partial charge in [0.1, 0.15) is 0 Å². The van der Waals surface area contributed by atoms with Gasteiger partial charge in [-0.3, -0.25) is 0 Å². The minimum Gasteiger partial charge on any atom is -0.462 e. The van der Waals surface area contributed by atoms with Crippen LogP contribution in [0.1, 0.15) is 69.4 Å². The van der Waals surface area contributed by atoms with Crippen LogP contribution in [-0.4, -0.2) is 18.6 Å². The second-order valence-corrected chi connectivity index (χ2v) is 12.9. The van der Waals surface area contributed by atoms with Gasteiger partial charge < -0.3 is 44.5 Å². The number of nitrogens with one attached hydrogen (secondary N) is 1. The van der Waals surface area contributed by atoms with Crippen LogP contribution in [0.25, 0.3) is 33.7 Å². The molecule has 9 heteroatoms. The van der Waals surface area contributed by atoms with Crippen molar-refractivity contribution in [1.29, 1.82) is 0 Å². The van der Waals surface area contributed by atoms with Crippen LogP contribution in [0.3, 0.4) is 0 Å². The van der Waals surface area contributed by atoms with Crippen molar-refractivity contribution in [2.75, 3.05) is 46.3 Å². The molecule has 55 heavy (non-hydrogen) atoms. The number of nitrogens with two attached hydrogens (primary N) is 6. The molecule has 0 heterocycles. The molecule has 0 radical (unpaired) electrons. The predicted octanol–water partition coefficient (Wildman–Crippen LogP) is 10.6. The molecule has 1 atom stereocenters. The molecule has 0 saturated carbocycles. The van der Waals surface area contributed by atoms with E-state index in [2.05, 4.69) is 39.2 Å². The largest absolute Gasteiger partial charge is 0.462 e. The first kappa shape index (κ1) is 42.8. The fraction of sp³-hybridized carbons (Fsp3) is 0.196. The molecule has 0 spiro atoms. The summed E-state index contributed by atoms with van der Waals surface area (Å²) in [6, 6.07) is 34.1. The minimum atomic E-state index is -0.272. The number of unbranched alkanes of at least 4 members (excludes halogenated alkanes) is 2. The van der Waals surface area contributed by atoms with E-state index in [0.717, 1.165) is 92.5 Å². The number of anilines is 7. The van der Waals surface area contributed by atoms with E-state index in [0.29, 0.717) is 23.9 Å². The van der Waals surface area contributed by atoms with Crippen molar-refractivity contribution < 1.29 is 11.0 Å². The molecule has 0 aliphatic heterocycles. The highest BCUT2D eigenvalue weighted by Crippen LogP contribution is 2.29. The molecule has 0 bridgehead atoms. The van der Waals surface area contributed by atoms with Gasteiger partial charge in [0, 0.05) is 80.0 Å². The van der Waals surface area contributed by atoms with Crippen molar-refractivity contribution in [2.45, 2.75) is 52.5 Å². The lowest BCUT2D eigenvalue weighted by Crippen LogP contribution is -2.14. The summed E-state index contributed by atoms with van der Waals surface area (Å²) in [7, 11) is 0. The van der Waals surface area contributed by atoms with Gasteiger partial charge in [-0.05, 0) is 80.4 Å². The molecule has 1 unspecified atom stereocenters. The number of rotatable bonds is 10. The lowest BCUT2D eigenvalue weighted by atomic mass is 10.0. The topological polar surface area (TPSA) is 194 Å². The normalized spacial score (nSPS) is 10.7. The fourth-order valence-corrected chi connectivity index (χ4v) is 5.51. The predicted molar refractivity (Wildman–Crippen MR) is 243 cm³/mol. The molecule has 0 aliphatic carbocycles. The highest BCUT2D eigenvalue weighted by atomic mass is 16.5. The summed E-state index contributed by atoms with van der Waals surface area (Å²) in [5.74, 6) is -0.272. The Balaban J connectivity index is 0.000000258. The molecule has 6 aromatic rings. The molecule has 6 aromatic carbocycles. The molecule has 290 valence electrons. The quantitative estimate of drug-likeness (QED) is 0.0406. The Morgan fingerprint density at radius 3 is 1.47 bits per heavy atom. The van der Waals surface area contributed by atoms with Crippen molar-refractivity contribution in [3.63, 3.8) is 0 Å². The Bertz CT molecular complexity index is 2010. The number of ether oxygens (including phenoxy) is 1. The Kier molecular flexibility index (Phi) is 17.0. The first-order chi connectivity index (χ1) is 26.4. The molecule has 0 saturated heterocycles.